The molecule has 3 nitrogen and oxygen atoms in total. The third kappa shape index (κ3) is 3.27. The largest absolute Gasteiger partial charge is 0.399 e. The predicted molar refractivity (Wildman–Crippen MR) is 62.1 cm³/mol. The number of hydrogen-bond donors (Lipinski definition) is 2. The minimum atomic E-state index is -0.291. The first-order chi connectivity index (χ1) is 7.00. The number of carbonyl (C=O) groups is 1. The van der Waals surface area contributed by atoms with Gasteiger partial charge < -0.3 is 11.5 Å². The molecule has 0 aliphatic rings. The summed E-state index contributed by atoms with van der Waals surface area (Å²) in [5.74, 6) is -0.291. The van der Waals surface area contributed by atoms with Crippen LogP contribution in [0.25, 0.3) is 0 Å². The lowest BCUT2D eigenvalue weighted by molar-refractivity contribution is -0.117. The third-order valence-corrected chi connectivity index (χ3v) is 2.41. The summed E-state index contributed by atoms with van der Waals surface area (Å²) in [5.41, 5.74) is 15.1. The Hall–Kier alpha value is -1.51. The molecule has 0 heterocycles. The molecule has 1 amide bonds. The smallest absolute Gasteiger partial charge is 0.217 e. The SMILES string of the molecule is Cc1cc(N)cc(C)c1C[CH]CC(N)=O. The Morgan fingerprint density at radius 2 is 1.87 bits per heavy atom. The van der Waals surface area contributed by atoms with Crippen LogP contribution in [0.5, 0.6) is 0 Å². The number of anilines is 1. The first-order valence-corrected chi connectivity index (χ1v) is 4.96. The zero-order valence-electron chi connectivity index (χ0n) is 9.21. The number of benzene rings is 1. The van der Waals surface area contributed by atoms with Gasteiger partial charge in [-0.1, -0.05) is 0 Å². The Balaban J connectivity index is 2.72. The van der Waals surface area contributed by atoms with Crippen molar-refractivity contribution >= 4 is 11.6 Å². The van der Waals surface area contributed by atoms with Gasteiger partial charge in [-0.25, -0.2) is 0 Å². The van der Waals surface area contributed by atoms with E-state index in [-0.39, 0.29) is 5.91 Å². The highest BCUT2D eigenvalue weighted by Crippen LogP contribution is 2.19. The predicted octanol–water partition coefficient (Wildman–Crippen LogP) is 1.51. The molecule has 0 aliphatic carbocycles. The van der Waals surface area contributed by atoms with E-state index in [1.807, 2.05) is 32.4 Å². The van der Waals surface area contributed by atoms with E-state index >= 15 is 0 Å². The van der Waals surface area contributed by atoms with Gasteiger partial charge in [0.2, 0.25) is 5.91 Å². The second-order valence-electron chi connectivity index (χ2n) is 3.80. The fourth-order valence-electron chi connectivity index (χ4n) is 1.71. The highest BCUT2D eigenvalue weighted by molar-refractivity contribution is 5.74. The number of aryl methyl sites for hydroxylation is 2. The van der Waals surface area contributed by atoms with Gasteiger partial charge in [0, 0.05) is 12.1 Å². The minimum Gasteiger partial charge on any atom is -0.399 e. The van der Waals surface area contributed by atoms with E-state index in [2.05, 4.69) is 0 Å². The van der Waals surface area contributed by atoms with Crippen LogP contribution in [-0.2, 0) is 11.2 Å². The second kappa shape index (κ2) is 4.82. The maximum Gasteiger partial charge on any atom is 0.217 e. The van der Waals surface area contributed by atoms with Crippen molar-refractivity contribution in [2.24, 2.45) is 5.73 Å². The molecular weight excluding hydrogens is 188 g/mol. The highest BCUT2D eigenvalue weighted by Gasteiger charge is 2.04. The Morgan fingerprint density at radius 1 is 1.33 bits per heavy atom. The van der Waals surface area contributed by atoms with E-state index in [9.17, 15) is 4.79 Å². The lowest BCUT2D eigenvalue weighted by atomic mass is 9.97. The molecule has 0 spiro atoms. The quantitative estimate of drug-likeness (QED) is 0.731. The monoisotopic (exact) mass is 205 g/mol. The zero-order chi connectivity index (χ0) is 11.4. The molecule has 0 aliphatic heterocycles. The Kier molecular flexibility index (Phi) is 3.72. The maximum atomic E-state index is 10.6. The van der Waals surface area contributed by atoms with Gasteiger partial charge in [0.1, 0.15) is 0 Å². The highest BCUT2D eigenvalue weighted by atomic mass is 16.1. The van der Waals surface area contributed by atoms with Crippen molar-refractivity contribution in [1.29, 1.82) is 0 Å². The molecule has 0 atom stereocenters. The van der Waals surface area contributed by atoms with Gasteiger partial charge in [-0.15, -0.1) is 0 Å². The molecule has 0 bridgehead atoms. The van der Waals surface area contributed by atoms with Crippen LogP contribution in [-0.4, -0.2) is 5.91 Å². The first-order valence-electron chi connectivity index (χ1n) is 4.96. The van der Waals surface area contributed by atoms with E-state index in [0.29, 0.717) is 6.42 Å². The number of primary amides is 1. The molecule has 4 N–H and O–H groups in total. The Labute approximate surface area is 90.5 Å². The summed E-state index contributed by atoms with van der Waals surface area (Å²) in [6.45, 7) is 4.05. The summed E-state index contributed by atoms with van der Waals surface area (Å²) < 4.78 is 0. The normalized spacial score (nSPS) is 10.3. The number of hydrogen-bond acceptors (Lipinski definition) is 2. The van der Waals surface area contributed by atoms with Crippen LogP contribution in [0.3, 0.4) is 0 Å². The van der Waals surface area contributed by atoms with Crippen LogP contribution in [0.15, 0.2) is 12.1 Å². The van der Waals surface area contributed by atoms with E-state index in [4.69, 9.17) is 11.5 Å². The van der Waals surface area contributed by atoms with Crippen molar-refractivity contribution < 1.29 is 4.79 Å². The molecular formula is C12H17N2O. The molecule has 1 aromatic rings. The van der Waals surface area contributed by atoms with Gasteiger partial charge in [-0.05, 0) is 55.5 Å². The Morgan fingerprint density at radius 3 is 2.33 bits per heavy atom. The van der Waals surface area contributed by atoms with Crippen molar-refractivity contribution in [2.75, 3.05) is 5.73 Å². The average Bonchev–Trinajstić information content (AvgIpc) is 2.08. The van der Waals surface area contributed by atoms with Gasteiger partial charge in [-0.3, -0.25) is 4.79 Å². The second-order valence-corrected chi connectivity index (χ2v) is 3.80. The molecule has 1 rings (SSSR count). The molecule has 0 unspecified atom stereocenters. The third-order valence-electron chi connectivity index (χ3n) is 2.41. The number of carbonyl (C=O) groups excluding carboxylic acids is 1. The fourth-order valence-corrected chi connectivity index (χ4v) is 1.71. The van der Waals surface area contributed by atoms with Crippen molar-refractivity contribution in [2.45, 2.75) is 26.7 Å². The average molecular weight is 205 g/mol. The first kappa shape index (κ1) is 11.6. The molecule has 0 aromatic heterocycles. The lowest BCUT2D eigenvalue weighted by Gasteiger charge is -2.10. The summed E-state index contributed by atoms with van der Waals surface area (Å²) in [7, 11) is 0. The lowest BCUT2D eigenvalue weighted by Crippen LogP contribution is -2.11. The summed E-state index contributed by atoms with van der Waals surface area (Å²) in [5, 5.41) is 0. The summed E-state index contributed by atoms with van der Waals surface area (Å²) in [6.07, 6.45) is 2.98. The van der Waals surface area contributed by atoms with E-state index in [0.717, 1.165) is 23.2 Å². The van der Waals surface area contributed by atoms with E-state index in [1.165, 1.54) is 5.56 Å². The molecule has 15 heavy (non-hydrogen) atoms. The zero-order valence-corrected chi connectivity index (χ0v) is 9.21. The van der Waals surface area contributed by atoms with E-state index in [1.54, 1.807) is 0 Å². The number of rotatable bonds is 4. The van der Waals surface area contributed by atoms with Crippen LogP contribution >= 0.6 is 0 Å². The molecule has 81 valence electrons. The fraction of sp³-hybridized carbons (Fsp3) is 0.333. The number of amides is 1. The van der Waals surface area contributed by atoms with Crippen LogP contribution in [0, 0.1) is 20.3 Å². The van der Waals surface area contributed by atoms with Crippen molar-refractivity contribution in [3.8, 4) is 0 Å². The van der Waals surface area contributed by atoms with Crippen LogP contribution in [0.4, 0.5) is 5.69 Å². The minimum absolute atomic E-state index is 0.291. The standard InChI is InChI=1S/C12H17N2O/c1-8-6-10(13)7-9(2)11(8)4-3-5-12(14)15/h3,6-7H,4-5,13H2,1-2H3,(H2,14,15). The van der Waals surface area contributed by atoms with Gasteiger partial charge in [0.25, 0.3) is 0 Å². The topological polar surface area (TPSA) is 69.1 Å². The Bertz CT molecular complexity index is 349. The molecule has 3 heteroatoms. The number of nitrogen functional groups attached to an aromatic ring is 1. The van der Waals surface area contributed by atoms with Crippen molar-refractivity contribution in [3.63, 3.8) is 0 Å². The van der Waals surface area contributed by atoms with Crippen LogP contribution in [0.1, 0.15) is 23.1 Å². The molecule has 0 saturated carbocycles. The maximum absolute atomic E-state index is 10.6. The molecule has 1 radical (unpaired) electrons. The van der Waals surface area contributed by atoms with Crippen molar-refractivity contribution in [1.82, 2.24) is 0 Å². The number of nitrogens with two attached hydrogens (primary N) is 2. The summed E-state index contributed by atoms with van der Waals surface area (Å²) >= 11 is 0. The van der Waals surface area contributed by atoms with Crippen LogP contribution < -0.4 is 11.5 Å². The molecule has 0 fully saturated rings. The summed E-state index contributed by atoms with van der Waals surface area (Å²) in [6, 6.07) is 3.89. The summed E-state index contributed by atoms with van der Waals surface area (Å²) in [4.78, 5) is 10.6. The molecule has 0 saturated heterocycles. The van der Waals surface area contributed by atoms with Gasteiger partial charge in [0.05, 0.1) is 0 Å². The van der Waals surface area contributed by atoms with Crippen molar-refractivity contribution in [3.05, 3.63) is 35.2 Å². The van der Waals surface area contributed by atoms with Gasteiger partial charge >= 0.3 is 0 Å². The van der Waals surface area contributed by atoms with Gasteiger partial charge in [-0.2, -0.15) is 0 Å². The van der Waals surface area contributed by atoms with Gasteiger partial charge in [0.15, 0.2) is 0 Å². The van der Waals surface area contributed by atoms with Crippen LogP contribution in [0.2, 0.25) is 0 Å². The van der Waals surface area contributed by atoms with E-state index < -0.39 is 0 Å². The molecule has 1 aromatic carbocycles.